The molecule has 0 bridgehead atoms. The molecule has 0 spiro atoms. The van der Waals surface area contributed by atoms with Gasteiger partial charge in [0, 0.05) is 15.6 Å². The van der Waals surface area contributed by atoms with Crippen molar-refractivity contribution in [3.8, 4) is 0 Å². The average Bonchev–Trinajstić information content (AvgIpc) is 2.78. The standard InChI is InChI=1S/C20H19BrN2O3/c1-2-10-26-19(25)13-23-17-9-8-15(21)11-16(17)20(22-12-18(23)24)14-6-4-3-5-7-14/h3-9,11H,2,10,12-13H2,1H3. The highest BCUT2D eigenvalue weighted by molar-refractivity contribution is 9.10. The molecule has 0 aliphatic carbocycles. The maximum absolute atomic E-state index is 12.6. The van der Waals surface area contributed by atoms with Gasteiger partial charge in [-0.25, -0.2) is 0 Å². The first kappa shape index (κ1) is 18.3. The van der Waals surface area contributed by atoms with E-state index < -0.39 is 5.97 Å². The highest BCUT2D eigenvalue weighted by Gasteiger charge is 2.27. The quantitative estimate of drug-likeness (QED) is 0.702. The van der Waals surface area contributed by atoms with Crippen LogP contribution in [0.1, 0.15) is 24.5 Å². The van der Waals surface area contributed by atoms with E-state index in [2.05, 4.69) is 20.9 Å². The number of fused-ring (bicyclic) bond motifs is 1. The Morgan fingerprint density at radius 2 is 2.00 bits per heavy atom. The molecule has 134 valence electrons. The predicted octanol–water partition coefficient (Wildman–Crippen LogP) is 3.59. The topological polar surface area (TPSA) is 59.0 Å². The number of hydrogen-bond acceptors (Lipinski definition) is 4. The zero-order chi connectivity index (χ0) is 18.5. The lowest BCUT2D eigenvalue weighted by molar-refractivity contribution is -0.142. The molecule has 0 unspecified atom stereocenters. The van der Waals surface area contributed by atoms with E-state index in [1.54, 1.807) is 0 Å². The minimum Gasteiger partial charge on any atom is -0.464 e. The lowest BCUT2D eigenvalue weighted by Crippen LogP contribution is -2.37. The van der Waals surface area contributed by atoms with E-state index in [1.807, 2.05) is 55.5 Å². The van der Waals surface area contributed by atoms with Crippen LogP contribution in [0.4, 0.5) is 5.69 Å². The molecule has 1 amide bonds. The maximum Gasteiger partial charge on any atom is 0.326 e. The van der Waals surface area contributed by atoms with Crippen LogP contribution < -0.4 is 4.90 Å². The maximum atomic E-state index is 12.6. The number of benzene rings is 2. The number of nitrogens with zero attached hydrogens (tertiary/aromatic N) is 2. The molecule has 0 radical (unpaired) electrons. The smallest absolute Gasteiger partial charge is 0.326 e. The SMILES string of the molecule is CCCOC(=O)CN1C(=O)CN=C(c2ccccc2)c2cc(Br)ccc21. The van der Waals surface area contributed by atoms with Crippen molar-refractivity contribution in [3.05, 3.63) is 64.1 Å². The Hall–Kier alpha value is -2.47. The minimum absolute atomic E-state index is 0.0163. The van der Waals surface area contributed by atoms with Crippen molar-refractivity contribution in [2.75, 3.05) is 24.6 Å². The number of benzodiazepines with no additional fused rings is 1. The summed E-state index contributed by atoms with van der Waals surface area (Å²) in [5.74, 6) is -0.648. The molecule has 0 fully saturated rings. The Labute approximate surface area is 160 Å². The largest absolute Gasteiger partial charge is 0.464 e. The molecule has 0 N–H and O–H groups in total. The third-order valence-corrected chi connectivity index (χ3v) is 4.47. The van der Waals surface area contributed by atoms with Gasteiger partial charge in [0.15, 0.2) is 0 Å². The van der Waals surface area contributed by atoms with Gasteiger partial charge in [-0.3, -0.25) is 19.5 Å². The molecule has 3 rings (SSSR count). The third-order valence-electron chi connectivity index (χ3n) is 3.98. The fraction of sp³-hybridized carbons (Fsp3) is 0.250. The van der Waals surface area contributed by atoms with Gasteiger partial charge in [0.25, 0.3) is 0 Å². The second-order valence-corrected chi connectivity index (χ2v) is 6.81. The van der Waals surface area contributed by atoms with Gasteiger partial charge >= 0.3 is 5.97 Å². The Bertz CT molecular complexity index is 849. The van der Waals surface area contributed by atoms with Crippen LogP contribution in [0.2, 0.25) is 0 Å². The highest BCUT2D eigenvalue weighted by atomic mass is 79.9. The summed E-state index contributed by atoms with van der Waals surface area (Å²) < 4.78 is 6.03. The number of ether oxygens (including phenoxy) is 1. The molecule has 26 heavy (non-hydrogen) atoms. The van der Waals surface area contributed by atoms with Crippen molar-refractivity contribution in [3.63, 3.8) is 0 Å². The molecule has 2 aromatic carbocycles. The van der Waals surface area contributed by atoms with Gasteiger partial charge in [0.1, 0.15) is 13.1 Å². The summed E-state index contributed by atoms with van der Waals surface area (Å²) in [6.07, 6.45) is 0.741. The Kier molecular flexibility index (Phi) is 5.83. The zero-order valence-electron chi connectivity index (χ0n) is 14.4. The van der Waals surface area contributed by atoms with E-state index in [1.165, 1.54) is 4.90 Å². The second-order valence-electron chi connectivity index (χ2n) is 5.89. The number of carbonyl (C=O) groups excluding carboxylic acids is 2. The number of esters is 1. The van der Waals surface area contributed by atoms with Crippen molar-refractivity contribution < 1.29 is 14.3 Å². The van der Waals surface area contributed by atoms with E-state index in [9.17, 15) is 9.59 Å². The summed E-state index contributed by atoms with van der Waals surface area (Å²) >= 11 is 3.49. The molecule has 0 atom stereocenters. The van der Waals surface area contributed by atoms with Gasteiger partial charge in [-0.2, -0.15) is 0 Å². The van der Waals surface area contributed by atoms with Crippen molar-refractivity contribution >= 4 is 39.2 Å². The Balaban J connectivity index is 2.02. The van der Waals surface area contributed by atoms with Crippen molar-refractivity contribution in [2.45, 2.75) is 13.3 Å². The molecular formula is C20H19BrN2O3. The normalized spacial score (nSPS) is 13.7. The van der Waals surface area contributed by atoms with Gasteiger partial charge in [-0.05, 0) is 24.6 Å². The van der Waals surface area contributed by atoms with Crippen LogP contribution in [0.3, 0.4) is 0 Å². The van der Waals surface area contributed by atoms with E-state index in [0.29, 0.717) is 12.3 Å². The van der Waals surface area contributed by atoms with E-state index in [4.69, 9.17) is 4.74 Å². The van der Waals surface area contributed by atoms with Gasteiger partial charge in [0.2, 0.25) is 5.91 Å². The number of aliphatic imine (C=N–C) groups is 1. The predicted molar refractivity (Wildman–Crippen MR) is 105 cm³/mol. The third kappa shape index (κ3) is 4.02. The van der Waals surface area contributed by atoms with Crippen LogP contribution in [-0.2, 0) is 14.3 Å². The van der Waals surface area contributed by atoms with Crippen LogP contribution in [-0.4, -0.2) is 37.3 Å². The fourth-order valence-corrected chi connectivity index (χ4v) is 3.15. The number of carbonyl (C=O) groups is 2. The summed E-state index contributed by atoms with van der Waals surface area (Å²) in [5.41, 5.74) is 3.13. The monoisotopic (exact) mass is 414 g/mol. The molecule has 6 heteroatoms. The molecule has 0 saturated heterocycles. The lowest BCUT2D eigenvalue weighted by Gasteiger charge is -2.22. The number of hydrogen-bond donors (Lipinski definition) is 0. The Morgan fingerprint density at radius 3 is 2.73 bits per heavy atom. The number of amides is 1. The molecule has 1 aliphatic rings. The van der Waals surface area contributed by atoms with Gasteiger partial charge in [-0.15, -0.1) is 0 Å². The van der Waals surface area contributed by atoms with Gasteiger partial charge in [0.05, 0.1) is 18.0 Å². The molecule has 1 aliphatic heterocycles. The van der Waals surface area contributed by atoms with Crippen LogP contribution in [0, 0.1) is 0 Å². The molecule has 0 saturated carbocycles. The molecule has 1 heterocycles. The zero-order valence-corrected chi connectivity index (χ0v) is 16.0. The average molecular weight is 415 g/mol. The molecule has 5 nitrogen and oxygen atoms in total. The first-order valence-electron chi connectivity index (χ1n) is 8.46. The molecule has 2 aromatic rings. The van der Waals surface area contributed by atoms with Crippen molar-refractivity contribution in [2.24, 2.45) is 4.99 Å². The summed E-state index contributed by atoms with van der Waals surface area (Å²) in [6.45, 7) is 2.14. The summed E-state index contributed by atoms with van der Waals surface area (Å²) in [5, 5.41) is 0. The van der Waals surface area contributed by atoms with Crippen LogP contribution >= 0.6 is 15.9 Å². The first-order chi connectivity index (χ1) is 12.6. The van der Waals surface area contributed by atoms with Crippen LogP contribution in [0.5, 0.6) is 0 Å². The minimum atomic E-state index is -0.419. The molecular weight excluding hydrogens is 396 g/mol. The first-order valence-corrected chi connectivity index (χ1v) is 9.25. The summed E-state index contributed by atoms with van der Waals surface area (Å²) in [4.78, 5) is 30.7. The van der Waals surface area contributed by atoms with Gasteiger partial charge < -0.3 is 4.74 Å². The highest BCUT2D eigenvalue weighted by Crippen LogP contribution is 2.29. The number of halogens is 1. The van der Waals surface area contributed by atoms with Crippen LogP contribution in [0.25, 0.3) is 0 Å². The van der Waals surface area contributed by atoms with Crippen LogP contribution in [0.15, 0.2) is 58.0 Å². The number of anilines is 1. The number of rotatable bonds is 5. The van der Waals surface area contributed by atoms with Crippen molar-refractivity contribution in [1.29, 1.82) is 0 Å². The van der Waals surface area contributed by atoms with Crippen molar-refractivity contribution in [1.82, 2.24) is 0 Å². The van der Waals surface area contributed by atoms with E-state index in [-0.39, 0.29) is 19.0 Å². The fourth-order valence-electron chi connectivity index (χ4n) is 2.79. The second kappa shape index (κ2) is 8.27. The lowest BCUT2D eigenvalue weighted by atomic mass is 10.0. The van der Waals surface area contributed by atoms with E-state index >= 15 is 0 Å². The van der Waals surface area contributed by atoms with Gasteiger partial charge in [-0.1, -0.05) is 53.2 Å². The van der Waals surface area contributed by atoms with E-state index in [0.717, 1.165) is 27.7 Å². The summed E-state index contributed by atoms with van der Waals surface area (Å²) in [7, 11) is 0. The Morgan fingerprint density at radius 1 is 1.23 bits per heavy atom. The molecule has 0 aromatic heterocycles. The summed E-state index contributed by atoms with van der Waals surface area (Å²) in [6, 6.07) is 15.3.